The molecular formula is C10H14NO3PS-2. The minimum absolute atomic E-state index is 0.252. The van der Waals surface area contributed by atoms with Crippen LogP contribution in [0.4, 0.5) is 5.69 Å². The van der Waals surface area contributed by atoms with E-state index in [0.29, 0.717) is 12.8 Å². The number of nitrogens with two attached hydrogens (primary N) is 1. The van der Waals surface area contributed by atoms with Crippen LogP contribution < -0.4 is 15.5 Å². The molecule has 0 bridgehead atoms. The number of benzene rings is 1. The van der Waals surface area contributed by atoms with Gasteiger partial charge in [-0.2, -0.15) is 0 Å². The summed E-state index contributed by atoms with van der Waals surface area (Å²) >= 11 is 1.58. The van der Waals surface area contributed by atoms with Gasteiger partial charge < -0.3 is 20.1 Å². The fraction of sp³-hybridized carbons (Fsp3) is 0.400. The Bertz CT molecular complexity index is 380. The third-order valence-corrected chi connectivity index (χ3v) is 4.04. The fourth-order valence-corrected chi connectivity index (χ4v) is 2.79. The maximum absolute atomic E-state index is 10.4. The normalized spacial score (nSPS) is 11.6. The van der Waals surface area contributed by atoms with Crippen molar-refractivity contribution in [1.82, 2.24) is 0 Å². The van der Waals surface area contributed by atoms with Gasteiger partial charge in [-0.15, -0.1) is 11.8 Å². The van der Waals surface area contributed by atoms with Gasteiger partial charge in [-0.3, -0.25) is 0 Å². The molecule has 0 aliphatic carbocycles. The van der Waals surface area contributed by atoms with E-state index in [1.165, 1.54) is 0 Å². The Hall–Kier alpha value is -0.480. The van der Waals surface area contributed by atoms with Crippen LogP contribution in [-0.4, -0.2) is 11.9 Å². The second-order valence-corrected chi connectivity index (χ2v) is 6.23. The number of anilines is 1. The molecular weight excluding hydrogens is 245 g/mol. The summed E-state index contributed by atoms with van der Waals surface area (Å²) in [5.41, 5.74) is 6.47. The van der Waals surface area contributed by atoms with Crippen LogP contribution in [0.2, 0.25) is 0 Å². The lowest BCUT2D eigenvalue weighted by Crippen LogP contribution is -2.16. The summed E-state index contributed by atoms with van der Waals surface area (Å²) in [6.07, 6.45) is 0.870. The van der Waals surface area contributed by atoms with Gasteiger partial charge in [-0.1, -0.05) is 19.7 Å². The average molecular weight is 259 g/mol. The smallest absolute Gasteiger partial charge is 0.0452 e. The number of para-hydroxylation sites is 1. The standard InChI is InChI=1S/C10H16NO3PS/c11-9-5-1-2-6-10(9)16-8-4-3-7-15(12,13)14/h1-2,5-6H,3-4,7-8,11H2,(H2,12,13,14)/p-2. The highest BCUT2D eigenvalue weighted by molar-refractivity contribution is 7.99. The minimum atomic E-state index is -4.32. The molecule has 2 N–H and O–H groups in total. The van der Waals surface area contributed by atoms with Crippen LogP contribution in [0.5, 0.6) is 0 Å². The quantitative estimate of drug-likeness (QED) is 0.357. The maximum Gasteiger partial charge on any atom is 0.0452 e. The van der Waals surface area contributed by atoms with Crippen LogP contribution in [0.15, 0.2) is 29.2 Å². The van der Waals surface area contributed by atoms with E-state index in [1.54, 1.807) is 11.8 Å². The van der Waals surface area contributed by atoms with E-state index in [2.05, 4.69) is 0 Å². The van der Waals surface area contributed by atoms with Gasteiger partial charge >= 0.3 is 0 Å². The van der Waals surface area contributed by atoms with Crippen molar-refractivity contribution in [2.75, 3.05) is 17.6 Å². The topological polar surface area (TPSA) is 89.2 Å². The van der Waals surface area contributed by atoms with Crippen LogP contribution in [0.1, 0.15) is 12.8 Å². The van der Waals surface area contributed by atoms with Crippen molar-refractivity contribution in [2.24, 2.45) is 0 Å². The number of hydrogen-bond acceptors (Lipinski definition) is 5. The van der Waals surface area contributed by atoms with Gasteiger partial charge in [0.25, 0.3) is 0 Å². The molecule has 1 aromatic carbocycles. The Kier molecular flexibility index (Phi) is 5.35. The molecule has 0 radical (unpaired) electrons. The summed E-state index contributed by atoms with van der Waals surface area (Å²) in [4.78, 5) is 21.7. The molecule has 0 heterocycles. The van der Waals surface area contributed by atoms with Crippen molar-refractivity contribution >= 4 is 25.0 Å². The molecule has 1 rings (SSSR count). The summed E-state index contributed by atoms with van der Waals surface area (Å²) in [6.45, 7) is 0. The van der Waals surface area contributed by atoms with Crippen LogP contribution in [0, 0.1) is 0 Å². The zero-order valence-electron chi connectivity index (χ0n) is 8.80. The second kappa shape index (κ2) is 6.30. The summed E-state index contributed by atoms with van der Waals surface area (Å²) < 4.78 is 10.4. The highest BCUT2D eigenvalue weighted by Gasteiger charge is 1.98. The zero-order valence-corrected chi connectivity index (χ0v) is 10.5. The molecule has 0 atom stereocenters. The third-order valence-electron chi connectivity index (χ3n) is 2.00. The van der Waals surface area contributed by atoms with Gasteiger partial charge in [0.2, 0.25) is 0 Å². The van der Waals surface area contributed by atoms with Crippen LogP contribution in [-0.2, 0) is 4.57 Å². The lowest BCUT2D eigenvalue weighted by atomic mass is 10.3. The Morgan fingerprint density at radius 1 is 1.25 bits per heavy atom. The molecule has 0 unspecified atom stereocenters. The molecule has 0 aromatic heterocycles. The first kappa shape index (κ1) is 13.6. The molecule has 0 spiro atoms. The van der Waals surface area contributed by atoms with Crippen molar-refractivity contribution < 1.29 is 14.4 Å². The summed E-state index contributed by atoms with van der Waals surface area (Å²) in [6, 6.07) is 7.52. The Morgan fingerprint density at radius 3 is 2.56 bits per heavy atom. The molecule has 90 valence electrons. The van der Waals surface area contributed by atoms with Gasteiger partial charge in [0, 0.05) is 10.6 Å². The van der Waals surface area contributed by atoms with E-state index in [9.17, 15) is 14.4 Å². The minimum Gasteiger partial charge on any atom is -0.811 e. The van der Waals surface area contributed by atoms with Gasteiger partial charge in [0.05, 0.1) is 0 Å². The van der Waals surface area contributed by atoms with E-state index >= 15 is 0 Å². The number of rotatable bonds is 6. The summed E-state index contributed by atoms with van der Waals surface area (Å²) in [7, 11) is -4.32. The van der Waals surface area contributed by atoms with E-state index in [-0.39, 0.29) is 6.16 Å². The largest absolute Gasteiger partial charge is 0.811 e. The van der Waals surface area contributed by atoms with Crippen molar-refractivity contribution in [3.63, 3.8) is 0 Å². The van der Waals surface area contributed by atoms with E-state index in [4.69, 9.17) is 5.73 Å². The van der Waals surface area contributed by atoms with Gasteiger partial charge in [0.15, 0.2) is 0 Å². The molecule has 1 aromatic rings. The predicted octanol–water partition coefficient (Wildman–Crippen LogP) is 1.05. The Morgan fingerprint density at radius 2 is 1.94 bits per heavy atom. The Balaban J connectivity index is 2.22. The zero-order chi connectivity index (χ0) is 12.0. The highest BCUT2D eigenvalue weighted by Crippen LogP contribution is 2.28. The van der Waals surface area contributed by atoms with E-state index in [1.807, 2.05) is 24.3 Å². The SMILES string of the molecule is Nc1ccccc1SCCCCP(=O)([O-])[O-]. The number of hydrogen-bond donors (Lipinski definition) is 1. The molecule has 6 heteroatoms. The highest BCUT2D eigenvalue weighted by atomic mass is 32.2. The molecule has 0 saturated carbocycles. The number of thioether (sulfide) groups is 1. The molecule has 0 aliphatic rings. The van der Waals surface area contributed by atoms with Crippen molar-refractivity contribution in [1.29, 1.82) is 0 Å². The molecule has 0 fully saturated rings. The molecule has 16 heavy (non-hydrogen) atoms. The molecule has 4 nitrogen and oxygen atoms in total. The van der Waals surface area contributed by atoms with Gasteiger partial charge in [-0.05, 0) is 36.9 Å². The predicted molar refractivity (Wildman–Crippen MR) is 63.3 cm³/mol. The monoisotopic (exact) mass is 259 g/mol. The lowest BCUT2D eigenvalue weighted by Gasteiger charge is -2.29. The number of nitrogen functional groups attached to an aromatic ring is 1. The van der Waals surface area contributed by atoms with Crippen molar-refractivity contribution in [2.45, 2.75) is 17.7 Å². The van der Waals surface area contributed by atoms with Crippen molar-refractivity contribution in [3.05, 3.63) is 24.3 Å². The summed E-state index contributed by atoms with van der Waals surface area (Å²) in [5, 5.41) is 0. The second-order valence-electron chi connectivity index (χ2n) is 3.43. The first-order valence-electron chi connectivity index (χ1n) is 4.97. The average Bonchev–Trinajstić information content (AvgIpc) is 2.18. The van der Waals surface area contributed by atoms with Gasteiger partial charge in [0.1, 0.15) is 0 Å². The van der Waals surface area contributed by atoms with Crippen LogP contribution >= 0.6 is 19.4 Å². The van der Waals surface area contributed by atoms with Crippen LogP contribution in [0.3, 0.4) is 0 Å². The van der Waals surface area contributed by atoms with E-state index < -0.39 is 7.60 Å². The first-order valence-corrected chi connectivity index (χ1v) is 7.69. The van der Waals surface area contributed by atoms with Gasteiger partial charge in [-0.25, -0.2) is 0 Å². The summed E-state index contributed by atoms with van der Waals surface area (Å²) in [5.74, 6) is 0.772. The Labute approximate surface area is 99.4 Å². The lowest BCUT2D eigenvalue weighted by molar-refractivity contribution is -0.313. The molecule has 0 amide bonds. The van der Waals surface area contributed by atoms with Crippen molar-refractivity contribution in [3.8, 4) is 0 Å². The van der Waals surface area contributed by atoms with Crippen LogP contribution in [0.25, 0.3) is 0 Å². The first-order chi connectivity index (χ1) is 7.49. The van der Waals surface area contributed by atoms with E-state index in [0.717, 1.165) is 16.3 Å². The maximum atomic E-state index is 10.4. The number of unbranched alkanes of at least 4 members (excludes halogenated alkanes) is 1. The fourth-order valence-electron chi connectivity index (χ4n) is 1.20. The third kappa shape index (κ3) is 5.56. The molecule has 0 saturated heterocycles. The molecule has 0 aliphatic heterocycles.